The minimum absolute atomic E-state index is 0.337. The van der Waals surface area contributed by atoms with Crippen LogP contribution in [0.5, 0.6) is 0 Å². The highest BCUT2D eigenvalue weighted by atomic mass is 32.2. The average Bonchev–Trinajstić information content (AvgIpc) is 2.83. The molecule has 6 nitrogen and oxygen atoms in total. The summed E-state index contributed by atoms with van der Waals surface area (Å²) in [5.41, 5.74) is 5.09. The number of unbranched alkanes of at least 4 members (excludes halogenated alkanes) is 16. The van der Waals surface area contributed by atoms with Gasteiger partial charge in [0.05, 0.1) is 6.61 Å². The van der Waals surface area contributed by atoms with E-state index in [9.17, 15) is 13.2 Å². The summed E-state index contributed by atoms with van der Waals surface area (Å²) in [5.74, 6) is -0.940. The van der Waals surface area contributed by atoms with Crippen molar-refractivity contribution >= 4 is 16.1 Å². The molecular formula is C27H55NO5S. The molecule has 0 saturated heterocycles. The van der Waals surface area contributed by atoms with E-state index in [4.69, 9.17) is 10.5 Å². The molecule has 1 atom stereocenters. The van der Waals surface area contributed by atoms with Crippen LogP contribution in [0.1, 0.15) is 142 Å². The molecule has 0 aromatic carbocycles. The van der Waals surface area contributed by atoms with E-state index in [0.29, 0.717) is 12.5 Å². The van der Waals surface area contributed by atoms with E-state index in [2.05, 4.69) is 18.0 Å². The van der Waals surface area contributed by atoms with Crippen molar-refractivity contribution in [1.29, 1.82) is 0 Å². The summed E-state index contributed by atoms with van der Waals surface area (Å²) >= 11 is 0. The van der Waals surface area contributed by atoms with Crippen LogP contribution >= 0.6 is 0 Å². The van der Waals surface area contributed by atoms with Crippen LogP contribution < -0.4 is 5.73 Å². The van der Waals surface area contributed by atoms with E-state index in [1.807, 2.05) is 0 Å². The third kappa shape index (κ3) is 23.1. The van der Waals surface area contributed by atoms with Gasteiger partial charge in [0.1, 0.15) is 5.88 Å². The van der Waals surface area contributed by atoms with Gasteiger partial charge in [-0.25, -0.2) is 4.79 Å². The molecule has 0 aliphatic carbocycles. The van der Waals surface area contributed by atoms with Gasteiger partial charge in [-0.3, -0.25) is 4.18 Å². The number of rotatable bonds is 26. The minimum Gasteiger partial charge on any atom is -0.464 e. The van der Waals surface area contributed by atoms with Gasteiger partial charge in [0, 0.05) is 0 Å². The van der Waals surface area contributed by atoms with E-state index in [1.165, 1.54) is 103 Å². The van der Waals surface area contributed by atoms with Gasteiger partial charge in [0.25, 0.3) is 10.1 Å². The van der Waals surface area contributed by atoms with Gasteiger partial charge >= 0.3 is 5.97 Å². The Labute approximate surface area is 211 Å². The van der Waals surface area contributed by atoms with Crippen molar-refractivity contribution < 1.29 is 22.1 Å². The van der Waals surface area contributed by atoms with Gasteiger partial charge in [-0.05, 0) is 18.8 Å². The SMILES string of the molecule is CCCCCCCCCCCCC(CCCCCCCCCC)COC(=O)COS(=O)(=O)CN. The van der Waals surface area contributed by atoms with Crippen LogP contribution in [0.25, 0.3) is 0 Å². The number of ether oxygens (including phenoxy) is 1. The third-order valence-electron chi connectivity index (χ3n) is 6.47. The number of carbonyl (C=O) groups is 1. The standard InChI is InChI=1S/C27H55NO5S/c1-3-5-7-9-11-13-14-16-18-20-22-26(21-19-17-15-12-10-8-6-4-2)23-32-27(29)24-33-34(30,31)25-28/h26H,3-25,28H2,1-2H3. The largest absolute Gasteiger partial charge is 0.464 e. The molecule has 0 amide bonds. The molecular weight excluding hydrogens is 450 g/mol. The van der Waals surface area contributed by atoms with E-state index in [0.717, 1.165) is 25.7 Å². The Balaban J connectivity index is 4.13. The average molecular weight is 506 g/mol. The smallest absolute Gasteiger partial charge is 0.333 e. The van der Waals surface area contributed by atoms with Crippen LogP contribution in [0.2, 0.25) is 0 Å². The molecule has 34 heavy (non-hydrogen) atoms. The lowest BCUT2D eigenvalue weighted by molar-refractivity contribution is -0.147. The zero-order valence-electron chi connectivity index (χ0n) is 22.4. The number of esters is 1. The van der Waals surface area contributed by atoms with Crippen LogP contribution in [0.15, 0.2) is 0 Å². The number of hydrogen-bond donors (Lipinski definition) is 1. The second kappa shape index (κ2) is 24.1. The Bertz CT molecular complexity index is 553. The van der Waals surface area contributed by atoms with E-state index >= 15 is 0 Å². The maximum atomic E-state index is 11.9. The number of nitrogens with two attached hydrogens (primary N) is 1. The first-order valence-corrected chi connectivity index (χ1v) is 15.8. The molecule has 0 radical (unpaired) electrons. The Hall–Kier alpha value is -0.660. The fourth-order valence-electron chi connectivity index (χ4n) is 4.24. The topological polar surface area (TPSA) is 95.7 Å². The fraction of sp³-hybridized carbons (Fsp3) is 0.963. The first-order chi connectivity index (χ1) is 16.4. The highest BCUT2D eigenvalue weighted by molar-refractivity contribution is 7.86. The van der Waals surface area contributed by atoms with Gasteiger partial charge in [0.2, 0.25) is 0 Å². The molecule has 0 spiro atoms. The Kier molecular flexibility index (Phi) is 23.6. The van der Waals surface area contributed by atoms with Crippen LogP contribution in [0.4, 0.5) is 0 Å². The maximum Gasteiger partial charge on any atom is 0.333 e. The van der Waals surface area contributed by atoms with E-state index in [1.54, 1.807) is 0 Å². The van der Waals surface area contributed by atoms with Crippen molar-refractivity contribution in [2.24, 2.45) is 11.7 Å². The summed E-state index contributed by atoms with van der Waals surface area (Å²) in [7, 11) is -3.84. The molecule has 0 aliphatic rings. The van der Waals surface area contributed by atoms with Crippen LogP contribution in [-0.2, 0) is 23.8 Å². The lowest BCUT2D eigenvalue weighted by atomic mass is 9.94. The molecule has 0 heterocycles. The third-order valence-corrected chi connectivity index (χ3v) is 7.36. The lowest BCUT2D eigenvalue weighted by Crippen LogP contribution is -2.23. The first-order valence-electron chi connectivity index (χ1n) is 14.2. The summed E-state index contributed by atoms with van der Waals surface area (Å²) in [4.78, 5) is 11.9. The summed E-state index contributed by atoms with van der Waals surface area (Å²) < 4.78 is 32.5. The first kappa shape index (κ1) is 33.3. The van der Waals surface area contributed by atoms with E-state index < -0.39 is 28.6 Å². The quantitative estimate of drug-likeness (QED) is 0.0755. The fourth-order valence-corrected chi connectivity index (χ4v) is 4.61. The Morgan fingerprint density at radius 1 is 0.676 bits per heavy atom. The zero-order chi connectivity index (χ0) is 25.3. The second-order valence-corrected chi connectivity index (χ2v) is 11.5. The summed E-state index contributed by atoms with van der Waals surface area (Å²) in [6.45, 7) is 4.24. The van der Waals surface area contributed by atoms with Gasteiger partial charge in [-0.2, -0.15) is 8.42 Å². The van der Waals surface area contributed by atoms with Gasteiger partial charge < -0.3 is 10.5 Å². The van der Waals surface area contributed by atoms with Gasteiger partial charge in [0.15, 0.2) is 6.61 Å². The lowest BCUT2D eigenvalue weighted by Gasteiger charge is -2.17. The van der Waals surface area contributed by atoms with Crippen molar-refractivity contribution in [2.45, 2.75) is 142 Å². The van der Waals surface area contributed by atoms with Gasteiger partial charge in [-0.15, -0.1) is 0 Å². The summed E-state index contributed by atoms with van der Waals surface area (Å²) in [6.07, 6.45) is 25.5. The summed E-state index contributed by atoms with van der Waals surface area (Å²) in [6, 6.07) is 0. The van der Waals surface area contributed by atoms with Crippen molar-refractivity contribution in [3.63, 3.8) is 0 Å². The highest BCUT2D eigenvalue weighted by Gasteiger charge is 2.15. The Morgan fingerprint density at radius 3 is 1.44 bits per heavy atom. The number of carbonyl (C=O) groups excluding carboxylic acids is 1. The summed E-state index contributed by atoms with van der Waals surface area (Å²) in [5, 5.41) is 0. The van der Waals surface area contributed by atoms with Crippen molar-refractivity contribution in [3.05, 3.63) is 0 Å². The van der Waals surface area contributed by atoms with Crippen molar-refractivity contribution in [2.75, 3.05) is 19.1 Å². The van der Waals surface area contributed by atoms with Crippen LogP contribution in [-0.4, -0.2) is 33.5 Å². The molecule has 0 aromatic rings. The maximum absolute atomic E-state index is 11.9. The molecule has 0 saturated carbocycles. The normalized spacial score (nSPS) is 12.7. The van der Waals surface area contributed by atoms with Crippen molar-refractivity contribution in [3.8, 4) is 0 Å². The highest BCUT2D eigenvalue weighted by Crippen LogP contribution is 2.20. The molecule has 204 valence electrons. The monoisotopic (exact) mass is 505 g/mol. The van der Waals surface area contributed by atoms with Crippen LogP contribution in [0, 0.1) is 5.92 Å². The van der Waals surface area contributed by atoms with E-state index in [-0.39, 0.29) is 0 Å². The molecule has 2 N–H and O–H groups in total. The molecule has 1 unspecified atom stereocenters. The zero-order valence-corrected chi connectivity index (χ0v) is 23.2. The van der Waals surface area contributed by atoms with Gasteiger partial charge in [-0.1, -0.05) is 129 Å². The molecule has 0 aliphatic heterocycles. The van der Waals surface area contributed by atoms with Crippen molar-refractivity contribution in [1.82, 2.24) is 0 Å². The van der Waals surface area contributed by atoms with Crippen LogP contribution in [0.3, 0.4) is 0 Å². The Morgan fingerprint density at radius 2 is 1.06 bits per heavy atom. The molecule has 0 fully saturated rings. The second-order valence-electron chi connectivity index (χ2n) is 9.77. The predicted molar refractivity (Wildman–Crippen MR) is 142 cm³/mol. The molecule has 0 aromatic heterocycles. The minimum atomic E-state index is -3.84. The molecule has 0 bridgehead atoms. The predicted octanol–water partition coefficient (Wildman–Crippen LogP) is 7.25. The number of hydrogen-bond acceptors (Lipinski definition) is 6. The molecule has 7 heteroatoms. The molecule has 0 rings (SSSR count).